The van der Waals surface area contributed by atoms with Crippen LogP contribution in [0, 0.1) is 0 Å². The quantitative estimate of drug-likeness (QED) is 0.382. The van der Waals surface area contributed by atoms with Gasteiger partial charge in [0.05, 0.1) is 12.3 Å². The number of thiazole rings is 1. The predicted molar refractivity (Wildman–Crippen MR) is 123 cm³/mol. The van der Waals surface area contributed by atoms with Crippen LogP contribution in [-0.4, -0.2) is 46.8 Å². The summed E-state index contributed by atoms with van der Waals surface area (Å²) < 4.78 is 12.2. The number of nitrogens with zero attached hydrogens (tertiary/aromatic N) is 2. The summed E-state index contributed by atoms with van der Waals surface area (Å²) in [7, 11) is 1.48. The van der Waals surface area contributed by atoms with Crippen LogP contribution >= 0.6 is 27.3 Å². The Balaban J connectivity index is 1.74. The number of carbonyl (C=O) groups is 1. The summed E-state index contributed by atoms with van der Waals surface area (Å²) in [6.45, 7) is 1.72. The summed E-state index contributed by atoms with van der Waals surface area (Å²) >= 11 is 4.81. The molecule has 0 saturated heterocycles. The van der Waals surface area contributed by atoms with E-state index in [9.17, 15) is 4.79 Å². The van der Waals surface area contributed by atoms with Gasteiger partial charge in [-0.3, -0.25) is 4.79 Å². The molecule has 0 bridgehead atoms. The summed E-state index contributed by atoms with van der Waals surface area (Å²) in [5.74, 6) is 1.44. The Morgan fingerprint density at radius 3 is 2.81 bits per heavy atom. The molecule has 0 radical (unpaired) electrons. The number of hydrogen-bond donors (Lipinski definition) is 3. The van der Waals surface area contributed by atoms with Crippen molar-refractivity contribution in [3.8, 4) is 11.5 Å². The zero-order valence-corrected chi connectivity index (χ0v) is 19.5. The predicted octanol–water partition coefficient (Wildman–Crippen LogP) is 3.89. The third kappa shape index (κ3) is 6.23. The van der Waals surface area contributed by atoms with E-state index in [1.165, 1.54) is 18.4 Å². The molecule has 3 N–H and O–H groups in total. The van der Waals surface area contributed by atoms with E-state index in [0.29, 0.717) is 28.1 Å². The molecular formula is C21H23BrN4O4S. The van der Waals surface area contributed by atoms with E-state index in [4.69, 9.17) is 14.6 Å². The van der Waals surface area contributed by atoms with Gasteiger partial charge in [-0.1, -0.05) is 18.2 Å². The molecule has 1 aromatic carbocycles. The number of nitrogens with one attached hydrogen (secondary N) is 2. The van der Waals surface area contributed by atoms with Gasteiger partial charge in [0.25, 0.3) is 5.91 Å². The fourth-order valence-corrected chi connectivity index (χ4v) is 3.72. The molecule has 164 valence electrons. The van der Waals surface area contributed by atoms with Crippen LogP contribution in [0.3, 0.4) is 0 Å². The smallest absolute Gasteiger partial charge is 0.252 e. The van der Waals surface area contributed by atoms with Gasteiger partial charge in [-0.15, -0.1) is 11.3 Å². The number of carbonyl (C=O) groups excluding carboxylic acids is 1. The normalized spacial score (nSPS) is 12.8. The molecular weight excluding hydrogens is 484 g/mol. The molecule has 1 amide bonds. The van der Waals surface area contributed by atoms with Crippen molar-refractivity contribution in [1.29, 1.82) is 0 Å². The number of ether oxygens (including phenoxy) is 2. The highest BCUT2D eigenvalue weighted by molar-refractivity contribution is 9.10. The van der Waals surface area contributed by atoms with E-state index >= 15 is 0 Å². The van der Waals surface area contributed by atoms with Crippen molar-refractivity contribution in [1.82, 2.24) is 15.3 Å². The van der Waals surface area contributed by atoms with Crippen molar-refractivity contribution < 1.29 is 19.4 Å². The SMILES string of the molecule is COC(C)(Cc1csc(Nc2ncc(Br)cc2Oc2ccccc2)n1)C(=O)NCCO. The minimum atomic E-state index is -1.10. The first-order valence-electron chi connectivity index (χ1n) is 9.47. The molecule has 2 aromatic heterocycles. The third-order valence-corrected chi connectivity index (χ3v) is 5.65. The number of rotatable bonds is 10. The van der Waals surface area contributed by atoms with Gasteiger partial charge in [-0.25, -0.2) is 9.97 Å². The maximum Gasteiger partial charge on any atom is 0.252 e. The number of benzene rings is 1. The molecule has 0 saturated carbocycles. The van der Waals surface area contributed by atoms with Gasteiger partial charge in [-0.2, -0.15) is 0 Å². The third-order valence-electron chi connectivity index (χ3n) is 4.41. The molecule has 0 aliphatic rings. The Hall–Kier alpha value is -2.53. The summed E-state index contributed by atoms with van der Waals surface area (Å²) in [4.78, 5) is 21.4. The summed E-state index contributed by atoms with van der Waals surface area (Å²) in [6.07, 6.45) is 1.95. The van der Waals surface area contributed by atoms with Gasteiger partial charge < -0.3 is 25.2 Å². The lowest BCUT2D eigenvalue weighted by atomic mass is 9.99. The molecule has 3 aromatic rings. The van der Waals surface area contributed by atoms with Crippen molar-refractivity contribution in [2.75, 3.05) is 25.6 Å². The van der Waals surface area contributed by atoms with Crippen LogP contribution in [0.4, 0.5) is 10.9 Å². The van der Waals surface area contributed by atoms with Crippen molar-refractivity contribution in [2.24, 2.45) is 0 Å². The Bertz CT molecular complexity index is 1020. The molecule has 8 nitrogen and oxygen atoms in total. The second-order valence-electron chi connectivity index (χ2n) is 6.78. The largest absolute Gasteiger partial charge is 0.453 e. The summed E-state index contributed by atoms with van der Waals surface area (Å²) in [6, 6.07) is 11.2. The first-order valence-corrected chi connectivity index (χ1v) is 11.1. The Morgan fingerprint density at radius 2 is 2.10 bits per heavy atom. The molecule has 0 fully saturated rings. The van der Waals surface area contributed by atoms with Gasteiger partial charge in [0.2, 0.25) is 0 Å². The molecule has 1 unspecified atom stereocenters. The lowest BCUT2D eigenvalue weighted by molar-refractivity contribution is -0.141. The van der Waals surface area contributed by atoms with Crippen molar-refractivity contribution >= 4 is 44.1 Å². The first-order chi connectivity index (χ1) is 14.9. The Kier molecular flexibility index (Phi) is 7.97. The molecule has 1 atom stereocenters. The number of anilines is 2. The Labute approximate surface area is 192 Å². The summed E-state index contributed by atoms with van der Waals surface area (Å²) in [5.41, 5.74) is -0.406. The van der Waals surface area contributed by atoms with E-state index in [1.54, 1.807) is 13.1 Å². The van der Waals surface area contributed by atoms with E-state index < -0.39 is 5.60 Å². The molecule has 2 heterocycles. The number of aromatic nitrogens is 2. The molecule has 0 aliphatic carbocycles. The number of hydrogen-bond acceptors (Lipinski definition) is 8. The second kappa shape index (κ2) is 10.7. The number of amides is 1. The molecule has 0 spiro atoms. The van der Waals surface area contributed by atoms with Gasteiger partial charge in [-0.05, 0) is 35.0 Å². The zero-order valence-electron chi connectivity index (χ0n) is 17.1. The van der Waals surface area contributed by atoms with Crippen LogP contribution in [0.5, 0.6) is 11.5 Å². The minimum absolute atomic E-state index is 0.135. The van der Waals surface area contributed by atoms with Crippen LogP contribution in [0.2, 0.25) is 0 Å². The highest BCUT2D eigenvalue weighted by Crippen LogP contribution is 2.33. The molecule has 3 rings (SSSR count). The van der Waals surface area contributed by atoms with E-state index in [1.807, 2.05) is 41.8 Å². The van der Waals surface area contributed by atoms with Crippen LogP contribution in [-0.2, 0) is 16.0 Å². The number of pyridine rings is 1. The monoisotopic (exact) mass is 506 g/mol. The second-order valence-corrected chi connectivity index (χ2v) is 8.55. The number of aliphatic hydroxyl groups excluding tert-OH is 1. The highest BCUT2D eigenvalue weighted by Gasteiger charge is 2.34. The Morgan fingerprint density at radius 1 is 1.32 bits per heavy atom. The topological polar surface area (TPSA) is 106 Å². The number of aliphatic hydroxyl groups is 1. The average Bonchev–Trinajstić information content (AvgIpc) is 3.21. The number of para-hydroxylation sites is 1. The standard InChI is InChI=1S/C21H23BrN4O4S/c1-21(29-2,19(28)23-8-9-27)11-15-13-31-20(25-15)26-18-17(10-14(22)12-24-18)30-16-6-4-3-5-7-16/h3-7,10,12-13,27H,8-9,11H2,1-2H3,(H,23,28)(H,24,25,26). The first kappa shape index (κ1) is 23.1. The lowest BCUT2D eigenvalue weighted by Gasteiger charge is -2.25. The number of halogens is 1. The van der Waals surface area contributed by atoms with Gasteiger partial charge in [0.15, 0.2) is 16.7 Å². The number of methoxy groups -OCH3 is 1. The van der Waals surface area contributed by atoms with Gasteiger partial charge in [0.1, 0.15) is 11.4 Å². The van der Waals surface area contributed by atoms with Crippen LogP contribution in [0.25, 0.3) is 0 Å². The average molecular weight is 507 g/mol. The molecule has 10 heteroatoms. The van der Waals surface area contributed by atoms with Crippen LogP contribution in [0.15, 0.2) is 52.4 Å². The van der Waals surface area contributed by atoms with Gasteiger partial charge >= 0.3 is 0 Å². The van der Waals surface area contributed by atoms with Crippen molar-refractivity contribution in [3.63, 3.8) is 0 Å². The van der Waals surface area contributed by atoms with Crippen molar-refractivity contribution in [3.05, 3.63) is 58.1 Å². The summed E-state index contributed by atoms with van der Waals surface area (Å²) in [5, 5.41) is 17.2. The van der Waals surface area contributed by atoms with Crippen LogP contribution in [0.1, 0.15) is 12.6 Å². The van der Waals surface area contributed by atoms with Crippen LogP contribution < -0.4 is 15.4 Å². The molecule has 0 aliphatic heterocycles. The van der Waals surface area contributed by atoms with E-state index in [0.717, 1.165) is 4.47 Å². The zero-order chi connectivity index (χ0) is 22.3. The van der Waals surface area contributed by atoms with Crippen molar-refractivity contribution in [2.45, 2.75) is 18.9 Å². The van der Waals surface area contributed by atoms with Gasteiger partial charge in [0, 0.05) is 42.2 Å². The van der Waals surface area contributed by atoms with E-state index in [-0.39, 0.29) is 25.5 Å². The fourth-order valence-electron chi connectivity index (χ4n) is 2.70. The lowest BCUT2D eigenvalue weighted by Crippen LogP contribution is -2.48. The minimum Gasteiger partial charge on any atom is -0.453 e. The highest BCUT2D eigenvalue weighted by atomic mass is 79.9. The molecule has 31 heavy (non-hydrogen) atoms. The van der Waals surface area contributed by atoms with E-state index in [2.05, 4.69) is 36.5 Å². The fraction of sp³-hybridized carbons (Fsp3) is 0.286. The maximum absolute atomic E-state index is 12.4. The maximum atomic E-state index is 12.4.